The second-order valence-electron chi connectivity index (χ2n) is 5.58. The van der Waals surface area contributed by atoms with Crippen LogP contribution < -0.4 is 0 Å². The van der Waals surface area contributed by atoms with Crippen molar-refractivity contribution in [1.82, 2.24) is 14.9 Å². The Kier molecular flexibility index (Phi) is 2.84. The molecule has 0 aliphatic heterocycles. The lowest BCUT2D eigenvalue weighted by atomic mass is 10.1. The second kappa shape index (κ2) is 4.37. The van der Waals surface area contributed by atoms with E-state index >= 15 is 0 Å². The van der Waals surface area contributed by atoms with Gasteiger partial charge in [0, 0.05) is 25.1 Å². The number of aromatic nitrogens is 2. The Bertz CT molecular complexity index is 545. The molecule has 1 aliphatic carbocycles. The van der Waals surface area contributed by atoms with Gasteiger partial charge in [-0.1, -0.05) is 6.07 Å². The molecule has 1 aromatic carbocycles. The Balaban J connectivity index is 1.67. The van der Waals surface area contributed by atoms with Crippen LogP contribution in [0.1, 0.15) is 18.4 Å². The third-order valence-electron chi connectivity index (χ3n) is 3.83. The van der Waals surface area contributed by atoms with Crippen molar-refractivity contribution in [1.29, 1.82) is 0 Å². The maximum atomic E-state index is 9.35. The number of fused-ring (bicyclic) bond motifs is 1. The summed E-state index contributed by atoms with van der Waals surface area (Å²) in [7, 11) is 2.12. The molecule has 1 aromatic heterocycles. The van der Waals surface area contributed by atoms with E-state index in [1.54, 1.807) is 6.33 Å². The van der Waals surface area contributed by atoms with Crippen molar-refractivity contribution in [3.63, 3.8) is 0 Å². The van der Waals surface area contributed by atoms with E-state index in [0.29, 0.717) is 6.61 Å². The SMILES string of the molecule is CN(Cc1ccc2nc[nH]c2c1)CC1(CO)CC1. The predicted molar refractivity (Wildman–Crippen MR) is 71.2 cm³/mol. The number of hydrogen-bond acceptors (Lipinski definition) is 3. The zero-order valence-electron chi connectivity index (χ0n) is 10.7. The molecule has 0 atom stereocenters. The molecular weight excluding hydrogens is 226 g/mol. The van der Waals surface area contributed by atoms with Gasteiger partial charge in [-0.05, 0) is 37.6 Å². The molecule has 0 bridgehead atoms. The number of rotatable bonds is 5. The fourth-order valence-electron chi connectivity index (χ4n) is 2.56. The molecule has 2 aromatic rings. The molecule has 96 valence electrons. The summed E-state index contributed by atoms with van der Waals surface area (Å²) in [5, 5.41) is 9.35. The summed E-state index contributed by atoms with van der Waals surface area (Å²) >= 11 is 0. The minimum atomic E-state index is 0.187. The van der Waals surface area contributed by atoms with Crippen LogP contribution in [-0.4, -0.2) is 40.2 Å². The van der Waals surface area contributed by atoms with Crippen LogP contribution >= 0.6 is 0 Å². The van der Waals surface area contributed by atoms with Crippen molar-refractivity contribution >= 4 is 11.0 Å². The third-order valence-corrected chi connectivity index (χ3v) is 3.83. The van der Waals surface area contributed by atoms with Crippen LogP contribution in [0.4, 0.5) is 0 Å². The first kappa shape index (κ1) is 11.7. The number of aliphatic hydroxyl groups is 1. The van der Waals surface area contributed by atoms with Crippen molar-refractivity contribution < 1.29 is 5.11 Å². The molecule has 0 spiro atoms. The molecule has 0 amide bonds. The highest BCUT2D eigenvalue weighted by Gasteiger charge is 2.42. The van der Waals surface area contributed by atoms with Crippen LogP contribution in [0, 0.1) is 5.41 Å². The monoisotopic (exact) mass is 245 g/mol. The van der Waals surface area contributed by atoms with E-state index < -0.39 is 0 Å². The molecule has 0 radical (unpaired) electrons. The fraction of sp³-hybridized carbons (Fsp3) is 0.500. The molecule has 3 rings (SSSR count). The molecule has 4 nitrogen and oxygen atoms in total. The zero-order valence-corrected chi connectivity index (χ0v) is 10.7. The number of benzene rings is 1. The molecule has 2 N–H and O–H groups in total. The van der Waals surface area contributed by atoms with Gasteiger partial charge in [-0.2, -0.15) is 0 Å². The van der Waals surface area contributed by atoms with Crippen LogP contribution in [-0.2, 0) is 6.54 Å². The molecule has 0 unspecified atom stereocenters. The van der Waals surface area contributed by atoms with Crippen molar-refractivity contribution in [2.45, 2.75) is 19.4 Å². The summed E-state index contributed by atoms with van der Waals surface area (Å²) in [5.74, 6) is 0. The van der Waals surface area contributed by atoms with Gasteiger partial charge in [0.15, 0.2) is 0 Å². The van der Waals surface area contributed by atoms with Crippen molar-refractivity contribution in [2.24, 2.45) is 5.41 Å². The Morgan fingerprint density at radius 1 is 1.44 bits per heavy atom. The van der Waals surface area contributed by atoms with Crippen molar-refractivity contribution in [3.05, 3.63) is 30.1 Å². The van der Waals surface area contributed by atoms with E-state index in [1.807, 2.05) is 6.07 Å². The molecule has 0 saturated heterocycles. The van der Waals surface area contributed by atoms with Crippen LogP contribution in [0.2, 0.25) is 0 Å². The first-order valence-corrected chi connectivity index (χ1v) is 6.42. The maximum Gasteiger partial charge on any atom is 0.0931 e. The average Bonchev–Trinajstić information content (AvgIpc) is 2.97. The molecule has 1 fully saturated rings. The van der Waals surface area contributed by atoms with E-state index in [2.05, 4.69) is 34.0 Å². The number of hydrogen-bond donors (Lipinski definition) is 2. The van der Waals surface area contributed by atoms with Gasteiger partial charge in [-0.3, -0.25) is 0 Å². The van der Waals surface area contributed by atoms with Gasteiger partial charge in [0.2, 0.25) is 0 Å². The first-order chi connectivity index (χ1) is 8.71. The van der Waals surface area contributed by atoms with Gasteiger partial charge >= 0.3 is 0 Å². The number of aliphatic hydroxyl groups excluding tert-OH is 1. The highest BCUT2D eigenvalue weighted by atomic mass is 16.3. The molecular formula is C14H19N3O. The molecule has 4 heteroatoms. The maximum absolute atomic E-state index is 9.35. The Morgan fingerprint density at radius 3 is 3.00 bits per heavy atom. The van der Waals surface area contributed by atoms with E-state index in [9.17, 15) is 5.11 Å². The number of nitrogens with one attached hydrogen (secondary N) is 1. The number of nitrogens with zero attached hydrogens (tertiary/aromatic N) is 2. The van der Waals surface area contributed by atoms with Crippen molar-refractivity contribution in [2.75, 3.05) is 20.2 Å². The Morgan fingerprint density at radius 2 is 2.28 bits per heavy atom. The van der Waals surface area contributed by atoms with Gasteiger partial charge in [0.25, 0.3) is 0 Å². The molecule has 1 saturated carbocycles. The molecule has 18 heavy (non-hydrogen) atoms. The van der Waals surface area contributed by atoms with Gasteiger partial charge in [-0.15, -0.1) is 0 Å². The second-order valence-corrected chi connectivity index (χ2v) is 5.58. The molecule has 1 aliphatic rings. The standard InChI is InChI=1S/C14H19N3O/c1-17(8-14(9-18)4-5-14)7-11-2-3-12-13(6-11)16-10-15-12/h2-3,6,10,18H,4-5,7-9H2,1H3,(H,15,16). The van der Waals surface area contributed by atoms with E-state index in [-0.39, 0.29) is 5.41 Å². The first-order valence-electron chi connectivity index (χ1n) is 6.42. The lowest BCUT2D eigenvalue weighted by Gasteiger charge is -2.22. The molecule has 1 heterocycles. The minimum Gasteiger partial charge on any atom is -0.396 e. The van der Waals surface area contributed by atoms with Gasteiger partial charge in [0.1, 0.15) is 0 Å². The van der Waals surface area contributed by atoms with Crippen LogP contribution in [0.5, 0.6) is 0 Å². The zero-order chi connectivity index (χ0) is 12.6. The average molecular weight is 245 g/mol. The topological polar surface area (TPSA) is 52.2 Å². The smallest absolute Gasteiger partial charge is 0.0931 e. The lowest BCUT2D eigenvalue weighted by molar-refractivity contribution is 0.161. The normalized spacial score (nSPS) is 17.5. The summed E-state index contributed by atoms with van der Waals surface area (Å²) in [6.07, 6.45) is 4.05. The summed E-state index contributed by atoms with van der Waals surface area (Å²) in [6.45, 7) is 2.21. The fourth-order valence-corrected chi connectivity index (χ4v) is 2.56. The Labute approximate surface area is 107 Å². The van der Waals surface area contributed by atoms with E-state index in [1.165, 1.54) is 5.56 Å². The number of imidazole rings is 1. The number of aromatic amines is 1. The lowest BCUT2D eigenvalue weighted by Crippen LogP contribution is -2.28. The third kappa shape index (κ3) is 2.26. The van der Waals surface area contributed by atoms with Crippen LogP contribution in [0.25, 0.3) is 11.0 Å². The predicted octanol–water partition coefficient (Wildman–Crippen LogP) is 1.77. The van der Waals surface area contributed by atoms with Crippen LogP contribution in [0.3, 0.4) is 0 Å². The Hall–Kier alpha value is -1.39. The quantitative estimate of drug-likeness (QED) is 0.844. The summed E-state index contributed by atoms with van der Waals surface area (Å²) in [5.41, 5.74) is 3.56. The summed E-state index contributed by atoms with van der Waals surface area (Å²) < 4.78 is 0. The minimum absolute atomic E-state index is 0.187. The largest absolute Gasteiger partial charge is 0.396 e. The van der Waals surface area contributed by atoms with Crippen LogP contribution in [0.15, 0.2) is 24.5 Å². The van der Waals surface area contributed by atoms with E-state index in [0.717, 1.165) is 37.0 Å². The van der Waals surface area contributed by atoms with E-state index in [4.69, 9.17) is 0 Å². The highest BCUT2D eigenvalue weighted by molar-refractivity contribution is 5.74. The highest BCUT2D eigenvalue weighted by Crippen LogP contribution is 2.45. The van der Waals surface area contributed by atoms with Gasteiger partial charge in [-0.25, -0.2) is 4.98 Å². The number of H-pyrrole nitrogens is 1. The summed E-state index contributed by atoms with van der Waals surface area (Å²) in [4.78, 5) is 9.65. The summed E-state index contributed by atoms with van der Waals surface area (Å²) in [6, 6.07) is 6.32. The van der Waals surface area contributed by atoms with Gasteiger partial charge in [0.05, 0.1) is 17.4 Å². The van der Waals surface area contributed by atoms with Gasteiger partial charge < -0.3 is 15.0 Å². The van der Waals surface area contributed by atoms with Crippen molar-refractivity contribution in [3.8, 4) is 0 Å².